The standard InChI is InChI=1S/C27H28N4O6/c1-4-22(27(35)31-30-25(33)18-11-15-20(37-3)16-12-18)28-26(34)21-7-5-6-8-23(21)29-24(32)17-9-13-19(36-2)14-10-17/h5-16,22H,4H2,1-3H3,(H,28,34)(H,29,32)(H,30,33)(H,31,35)/t22-/m0/s1. The molecule has 0 heterocycles. The lowest BCUT2D eigenvalue weighted by molar-refractivity contribution is -0.123. The summed E-state index contributed by atoms with van der Waals surface area (Å²) in [5.41, 5.74) is 5.82. The molecule has 0 aliphatic heterocycles. The van der Waals surface area contributed by atoms with Gasteiger partial charge in [-0.1, -0.05) is 19.1 Å². The Bertz CT molecular complexity index is 1260. The third-order valence-electron chi connectivity index (χ3n) is 5.45. The quantitative estimate of drug-likeness (QED) is 0.331. The molecule has 192 valence electrons. The lowest BCUT2D eigenvalue weighted by Crippen LogP contribution is -2.52. The normalized spacial score (nSPS) is 11.0. The summed E-state index contributed by atoms with van der Waals surface area (Å²) in [4.78, 5) is 50.6. The van der Waals surface area contributed by atoms with Gasteiger partial charge in [0.05, 0.1) is 25.5 Å². The van der Waals surface area contributed by atoms with Gasteiger partial charge in [-0.25, -0.2) is 0 Å². The third kappa shape index (κ3) is 7.07. The lowest BCUT2D eigenvalue weighted by Gasteiger charge is -2.18. The maximum absolute atomic E-state index is 13.0. The minimum absolute atomic E-state index is 0.179. The molecule has 0 fully saturated rings. The Kier molecular flexibility index (Phi) is 9.20. The molecular formula is C27H28N4O6. The monoisotopic (exact) mass is 504 g/mol. The number of nitrogens with one attached hydrogen (secondary N) is 4. The van der Waals surface area contributed by atoms with Crippen LogP contribution in [-0.2, 0) is 4.79 Å². The number of hydrogen-bond donors (Lipinski definition) is 4. The summed E-state index contributed by atoms with van der Waals surface area (Å²) in [5, 5.41) is 5.37. The Morgan fingerprint density at radius 3 is 1.78 bits per heavy atom. The number of carbonyl (C=O) groups is 4. The van der Waals surface area contributed by atoms with Crippen molar-refractivity contribution in [1.82, 2.24) is 16.2 Å². The minimum atomic E-state index is -0.936. The average molecular weight is 505 g/mol. The van der Waals surface area contributed by atoms with Crippen LogP contribution < -0.4 is 31.0 Å². The molecule has 4 amide bonds. The molecule has 0 aromatic heterocycles. The van der Waals surface area contributed by atoms with Gasteiger partial charge < -0.3 is 20.1 Å². The van der Waals surface area contributed by atoms with Crippen molar-refractivity contribution >= 4 is 29.3 Å². The van der Waals surface area contributed by atoms with Crippen molar-refractivity contribution in [3.63, 3.8) is 0 Å². The number of hydrazine groups is 1. The number of amides is 4. The fourth-order valence-corrected chi connectivity index (χ4v) is 3.34. The van der Waals surface area contributed by atoms with Crippen molar-refractivity contribution in [2.24, 2.45) is 0 Å². The number of para-hydroxylation sites is 1. The van der Waals surface area contributed by atoms with Gasteiger partial charge in [0.1, 0.15) is 17.5 Å². The number of ether oxygens (including phenoxy) is 2. The molecular weight excluding hydrogens is 476 g/mol. The Morgan fingerprint density at radius 2 is 1.24 bits per heavy atom. The van der Waals surface area contributed by atoms with Gasteiger partial charge in [0.2, 0.25) is 0 Å². The third-order valence-corrected chi connectivity index (χ3v) is 5.45. The second kappa shape index (κ2) is 12.7. The molecule has 0 unspecified atom stereocenters. The first-order valence-electron chi connectivity index (χ1n) is 11.5. The van der Waals surface area contributed by atoms with Gasteiger partial charge in [-0.05, 0) is 67.1 Å². The largest absolute Gasteiger partial charge is 0.497 e. The Balaban J connectivity index is 1.62. The van der Waals surface area contributed by atoms with Gasteiger partial charge in [-0.2, -0.15) is 0 Å². The van der Waals surface area contributed by atoms with E-state index in [1.54, 1.807) is 73.7 Å². The van der Waals surface area contributed by atoms with E-state index in [0.29, 0.717) is 22.6 Å². The van der Waals surface area contributed by atoms with Crippen molar-refractivity contribution in [3.05, 3.63) is 89.5 Å². The van der Waals surface area contributed by atoms with Crippen molar-refractivity contribution < 1.29 is 28.7 Å². The van der Waals surface area contributed by atoms with E-state index in [0.717, 1.165) is 0 Å². The smallest absolute Gasteiger partial charge is 0.269 e. The predicted molar refractivity (Wildman–Crippen MR) is 138 cm³/mol. The van der Waals surface area contributed by atoms with Crippen LogP contribution in [0.4, 0.5) is 5.69 Å². The molecule has 3 aromatic carbocycles. The summed E-state index contributed by atoms with van der Waals surface area (Å²) < 4.78 is 10.2. The number of carbonyl (C=O) groups excluding carboxylic acids is 4. The predicted octanol–water partition coefficient (Wildman–Crippen LogP) is 2.93. The molecule has 3 aromatic rings. The molecule has 0 radical (unpaired) electrons. The Morgan fingerprint density at radius 1 is 0.703 bits per heavy atom. The van der Waals surface area contributed by atoms with Crippen LogP contribution in [0.1, 0.15) is 44.4 Å². The average Bonchev–Trinajstić information content (AvgIpc) is 2.94. The van der Waals surface area contributed by atoms with Crippen LogP contribution in [0, 0.1) is 0 Å². The number of rotatable bonds is 9. The summed E-state index contributed by atoms with van der Waals surface area (Å²) >= 11 is 0. The molecule has 0 aliphatic carbocycles. The highest BCUT2D eigenvalue weighted by atomic mass is 16.5. The maximum atomic E-state index is 13.0. The SMILES string of the molecule is CC[C@H](NC(=O)c1ccccc1NC(=O)c1ccc(OC)cc1)C(=O)NNC(=O)c1ccc(OC)cc1. The van der Waals surface area contributed by atoms with Gasteiger partial charge in [-0.15, -0.1) is 0 Å². The second-order valence-corrected chi connectivity index (χ2v) is 7.83. The fraction of sp³-hybridized carbons (Fsp3) is 0.185. The summed E-state index contributed by atoms with van der Waals surface area (Å²) in [6.07, 6.45) is 0.260. The molecule has 0 saturated carbocycles. The van der Waals surface area contributed by atoms with E-state index in [4.69, 9.17) is 9.47 Å². The summed E-state index contributed by atoms with van der Waals surface area (Å²) in [6.45, 7) is 1.72. The zero-order valence-electron chi connectivity index (χ0n) is 20.7. The van der Waals surface area contributed by atoms with Crippen LogP contribution in [0.5, 0.6) is 11.5 Å². The van der Waals surface area contributed by atoms with Crippen molar-refractivity contribution in [1.29, 1.82) is 0 Å². The van der Waals surface area contributed by atoms with E-state index in [1.165, 1.54) is 20.3 Å². The summed E-state index contributed by atoms with van der Waals surface area (Å²) in [5.74, 6) is -0.889. The van der Waals surface area contributed by atoms with E-state index in [1.807, 2.05) is 0 Å². The highest BCUT2D eigenvalue weighted by Gasteiger charge is 2.22. The summed E-state index contributed by atoms with van der Waals surface area (Å²) in [6, 6.07) is 18.4. The van der Waals surface area contributed by atoms with Crippen LogP contribution in [-0.4, -0.2) is 43.9 Å². The molecule has 37 heavy (non-hydrogen) atoms. The van der Waals surface area contributed by atoms with E-state index in [-0.39, 0.29) is 17.7 Å². The number of anilines is 1. The molecule has 10 heteroatoms. The number of benzene rings is 3. The van der Waals surface area contributed by atoms with Crippen LogP contribution in [0.2, 0.25) is 0 Å². The van der Waals surface area contributed by atoms with Gasteiger partial charge in [0, 0.05) is 11.1 Å². The zero-order valence-corrected chi connectivity index (χ0v) is 20.7. The second-order valence-electron chi connectivity index (χ2n) is 7.83. The van der Waals surface area contributed by atoms with Gasteiger partial charge >= 0.3 is 0 Å². The highest BCUT2D eigenvalue weighted by molar-refractivity contribution is 6.09. The van der Waals surface area contributed by atoms with Crippen LogP contribution in [0.15, 0.2) is 72.8 Å². The van der Waals surface area contributed by atoms with Gasteiger partial charge in [0.15, 0.2) is 0 Å². The molecule has 0 bridgehead atoms. The van der Waals surface area contributed by atoms with E-state index in [2.05, 4.69) is 21.5 Å². The first kappa shape index (κ1) is 26.7. The van der Waals surface area contributed by atoms with E-state index >= 15 is 0 Å². The molecule has 4 N–H and O–H groups in total. The first-order chi connectivity index (χ1) is 17.9. The van der Waals surface area contributed by atoms with E-state index in [9.17, 15) is 19.2 Å². The molecule has 1 atom stereocenters. The highest BCUT2D eigenvalue weighted by Crippen LogP contribution is 2.18. The van der Waals surface area contributed by atoms with Gasteiger partial charge in [0.25, 0.3) is 23.6 Å². The molecule has 0 spiro atoms. The van der Waals surface area contributed by atoms with Crippen molar-refractivity contribution in [2.45, 2.75) is 19.4 Å². The molecule has 10 nitrogen and oxygen atoms in total. The van der Waals surface area contributed by atoms with Crippen LogP contribution in [0.25, 0.3) is 0 Å². The van der Waals surface area contributed by atoms with Crippen LogP contribution >= 0.6 is 0 Å². The van der Waals surface area contributed by atoms with E-state index < -0.39 is 29.7 Å². The molecule has 0 aliphatic rings. The van der Waals surface area contributed by atoms with Crippen molar-refractivity contribution in [3.8, 4) is 11.5 Å². The Hall–Kier alpha value is -4.86. The summed E-state index contributed by atoms with van der Waals surface area (Å²) in [7, 11) is 3.05. The Labute approximate surface area is 214 Å². The van der Waals surface area contributed by atoms with Gasteiger partial charge in [-0.3, -0.25) is 30.0 Å². The molecule has 0 saturated heterocycles. The minimum Gasteiger partial charge on any atom is -0.497 e. The fourth-order valence-electron chi connectivity index (χ4n) is 3.34. The number of methoxy groups -OCH3 is 2. The molecule has 3 rings (SSSR count). The maximum Gasteiger partial charge on any atom is 0.269 e. The number of hydrogen-bond acceptors (Lipinski definition) is 6. The van der Waals surface area contributed by atoms with Crippen molar-refractivity contribution in [2.75, 3.05) is 19.5 Å². The van der Waals surface area contributed by atoms with Crippen LogP contribution in [0.3, 0.4) is 0 Å². The first-order valence-corrected chi connectivity index (χ1v) is 11.5. The topological polar surface area (TPSA) is 135 Å². The lowest BCUT2D eigenvalue weighted by atomic mass is 10.1. The zero-order chi connectivity index (χ0) is 26.8.